The number of rotatable bonds is 10. The van der Waals surface area contributed by atoms with E-state index >= 15 is 0 Å². The number of Topliss-reactive ketones (excluding diaryl/α,β-unsaturated/α-hetero) is 1. The Morgan fingerprint density at radius 3 is 2.52 bits per heavy atom. The standard InChI is InChI=1S/C24H36O7/c1-13-9-17-6-5-14(2)20(8-7-18(26)11-19(27)12-22(28)29)23(17)21(10-13)31-24(30)15(3)16(4)25/h5-6,9,13-15,18-21,23,26-27H,7-8,10-12H2,1-4H3,(H,28,29)/p-1/t13-,14-,15-,18+,19+,20-,21-,23-/m0/s1. The zero-order valence-electron chi connectivity index (χ0n) is 18.8. The number of ketones is 1. The lowest BCUT2D eigenvalue weighted by molar-refractivity contribution is -0.307. The van der Waals surface area contributed by atoms with Gasteiger partial charge in [0.1, 0.15) is 17.8 Å². The van der Waals surface area contributed by atoms with Crippen LogP contribution in [0.15, 0.2) is 23.8 Å². The van der Waals surface area contributed by atoms with Crippen LogP contribution in [-0.4, -0.2) is 46.2 Å². The van der Waals surface area contributed by atoms with Gasteiger partial charge in [-0.3, -0.25) is 9.59 Å². The number of fused-ring (bicyclic) bond motifs is 1. The zero-order chi connectivity index (χ0) is 23.3. The Bertz CT molecular complexity index is 725. The molecule has 7 heteroatoms. The van der Waals surface area contributed by atoms with E-state index in [0.29, 0.717) is 19.3 Å². The summed E-state index contributed by atoms with van der Waals surface area (Å²) in [6, 6.07) is 0. The van der Waals surface area contributed by atoms with Crippen LogP contribution in [0.4, 0.5) is 0 Å². The topological polar surface area (TPSA) is 124 Å². The van der Waals surface area contributed by atoms with Crippen LogP contribution in [0.25, 0.3) is 0 Å². The van der Waals surface area contributed by atoms with Gasteiger partial charge in [0, 0.05) is 18.3 Å². The molecule has 0 aromatic carbocycles. The molecule has 0 radical (unpaired) electrons. The monoisotopic (exact) mass is 435 g/mol. The van der Waals surface area contributed by atoms with Crippen LogP contribution >= 0.6 is 0 Å². The van der Waals surface area contributed by atoms with Crippen LogP contribution in [-0.2, 0) is 19.1 Å². The summed E-state index contributed by atoms with van der Waals surface area (Å²) in [4.78, 5) is 34.7. The van der Waals surface area contributed by atoms with Gasteiger partial charge in [-0.15, -0.1) is 0 Å². The SMILES string of the molecule is CC(=O)[C@H](C)C(=O)O[C@H]1C[C@@H](C)C=C2C=C[C@H](C)[C@H](CC[C@@H](O)C[C@@H](O)CC(=O)[O-])[C@H]21. The van der Waals surface area contributed by atoms with Gasteiger partial charge in [0.15, 0.2) is 0 Å². The highest BCUT2D eigenvalue weighted by molar-refractivity contribution is 5.97. The van der Waals surface area contributed by atoms with Gasteiger partial charge in [-0.05, 0) is 62.9 Å². The summed E-state index contributed by atoms with van der Waals surface area (Å²) in [5, 5.41) is 30.7. The number of hydrogen-bond donors (Lipinski definition) is 2. The summed E-state index contributed by atoms with van der Waals surface area (Å²) in [5.74, 6) is -2.36. The second-order valence-corrected chi connectivity index (χ2v) is 9.29. The van der Waals surface area contributed by atoms with Crippen LogP contribution in [0, 0.1) is 29.6 Å². The molecule has 0 unspecified atom stereocenters. The fraction of sp³-hybridized carbons (Fsp3) is 0.708. The first-order valence-corrected chi connectivity index (χ1v) is 11.2. The van der Waals surface area contributed by atoms with E-state index < -0.39 is 36.5 Å². The average molecular weight is 436 g/mol. The Hall–Kier alpha value is -1.99. The maximum absolute atomic E-state index is 12.5. The van der Waals surface area contributed by atoms with Crippen molar-refractivity contribution in [2.24, 2.45) is 29.6 Å². The molecule has 0 amide bonds. The number of esters is 1. The molecule has 2 rings (SSSR count). The van der Waals surface area contributed by atoms with Gasteiger partial charge in [-0.25, -0.2) is 0 Å². The summed E-state index contributed by atoms with van der Waals surface area (Å²) in [5.41, 5.74) is 1.11. The van der Waals surface area contributed by atoms with Gasteiger partial charge < -0.3 is 24.9 Å². The average Bonchev–Trinajstić information content (AvgIpc) is 2.65. The molecule has 174 valence electrons. The van der Waals surface area contributed by atoms with Crippen molar-refractivity contribution in [2.75, 3.05) is 0 Å². The predicted octanol–water partition coefficient (Wildman–Crippen LogP) is 1.56. The lowest BCUT2D eigenvalue weighted by Gasteiger charge is -2.43. The molecule has 2 aliphatic carbocycles. The molecule has 0 spiro atoms. The van der Waals surface area contributed by atoms with Crippen LogP contribution in [0.3, 0.4) is 0 Å². The van der Waals surface area contributed by atoms with Gasteiger partial charge >= 0.3 is 5.97 Å². The number of aliphatic hydroxyl groups is 2. The number of aliphatic hydroxyl groups excluding tert-OH is 2. The second-order valence-electron chi connectivity index (χ2n) is 9.29. The maximum Gasteiger partial charge on any atom is 0.316 e. The molecule has 31 heavy (non-hydrogen) atoms. The van der Waals surface area contributed by atoms with Crippen LogP contribution in [0.2, 0.25) is 0 Å². The van der Waals surface area contributed by atoms with E-state index in [9.17, 15) is 29.7 Å². The number of carboxylic acid groups (broad SMARTS) is 1. The third-order valence-electron chi connectivity index (χ3n) is 6.61. The highest BCUT2D eigenvalue weighted by Crippen LogP contribution is 2.45. The molecule has 0 fully saturated rings. The van der Waals surface area contributed by atoms with Gasteiger partial charge in [-0.2, -0.15) is 0 Å². The van der Waals surface area contributed by atoms with Gasteiger partial charge in [-0.1, -0.05) is 32.1 Å². The Kier molecular flexibility index (Phi) is 9.01. The Morgan fingerprint density at radius 1 is 1.23 bits per heavy atom. The third kappa shape index (κ3) is 7.01. The second kappa shape index (κ2) is 11.0. The first kappa shape index (κ1) is 25.3. The molecule has 0 aromatic heterocycles. The minimum atomic E-state index is -1.35. The van der Waals surface area contributed by atoms with E-state index in [1.807, 2.05) is 0 Å². The van der Waals surface area contributed by atoms with E-state index in [-0.39, 0.29) is 42.0 Å². The van der Waals surface area contributed by atoms with Crippen molar-refractivity contribution >= 4 is 17.7 Å². The van der Waals surface area contributed by atoms with E-state index in [0.717, 1.165) is 5.57 Å². The molecule has 0 saturated carbocycles. The Morgan fingerprint density at radius 2 is 1.90 bits per heavy atom. The highest BCUT2D eigenvalue weighted by Gasteiger charge is 2.42. The van der Waals surface area contributed by atoms with Crippen LogP contribution in [0.1, 0.15) is 59.8 Å². The Balaban J connectivity index is 2.11. The molecule has 0 bridgehead atoms. The van der Waals surface area contributed by atoms with Gasteiger partial charge in [0.05, 0.1) is 12.2 Å². The molecule has 0 saturated heterocycles. The molecule has 0 aromatic rings. The predicted molar refractivity (Wildman–Crippen MR) is 112 cm³/mol. The fourth-order valence-electron chi connectivity index (χ4n) is 4.73. The highest BCUT2D eigenvalue weighted by atomic mass is 16.5. The smallest absolute Gasteiger partial charge is 0.316 e. The lowest BCUT2D eigenvalue weighted by atomic mass is 9.65. The summed E-state index contributed by atoms with van der Waals surface area (Å²) in [7, 11) is 0. The van der Waals surface area contributed by atoms with Crippen molar-refractivity contribution in [3.8, 4) is 0 Å². The van der Waals surface area contributed by atoms with Crippen molar-refractivity contribution in [3.63, 3.8) is 0 Å². The van der Waals surface area contributed by atoms with Crippen LogP contribution in [0.5, 0.6) is 0 Å². The number of carbonyl (C=O) groups excluding carboxylic acids is 3. The lowest BCUT2D eigenvalue weighted by Crippen LogP contribution is -2.42. The number of ether oxygens (including phenoxy) is 1. The molecule has 0 heterocycles. The first-order chi connectivity index (χ1) is 14.5. The van der Waals surface area contributed by atoms with Crippen molar-refractivity contribution in [1.29, 1.82) is 0 Å². The van der Waals surface area contributed by atoms with Crippen molar-refractivity contribution in [3.05, 3.63) is 23.8 Å². The molecule has 2 N–H and O–H groups in total. The van der Waals surface area contributed by atoms with E-state index in [2.05, 4.69) is 32.1 Å². The first-order valence-electron chi connectivity index (χ1n) is 11.2. The molecular weight excluding hydrogens is 400 g/mol. The van der Waals surface area contributed by atoms with E-state index in [4.69, 9.17) is 4.74 Å². The molecule has 7 nitrogen and oxygen atoms in total. The van der Waals surface area contributed by atoms with Crippen molar-refractivity contribution < 1.29 is 34.4 Å². The van der Waals surface area contributed by atoms with Gasteiger partial charge in [0.25, 0.3) is 0 Å². The normalized spacial score (nSPS) is 30.5. The minimum Gasteiger partial charge on any atom is -0.550 e. The zero-order valence-corrected chi connectivity index (χ0v) is 18.8. The Labute approximate surface area is 184 Å². The number of carboxylic acids is 1. The summed E-state index contributed by atoms with van der Waals surface area (Å²) >= 11 is 0. The van der Waals surface area contributed by atoms with E-state index in [1.54, 1.807) is 6.92 Å². The van der Waals surface area contributed by atoms with Crippen molar-refractivity contribution in [2.45, 2.75) is 78.1 Å². The van der Waals surface area contributed by atoms with Gasteiger partial charge in [0.2, 0.25) is 0 Å². The molecule has 0 aliphatic heterocycles. The summed E-state index contributed by atoms with van der Waals surface area (Å²) in [6.45, 7) is 7.10. The fourth-order valence-corrected chi connectivity index (χ4v) is 4.73. The summed E-state index contributed by atoms with van der Waals surface area (Å²) < 4.78 is 5.84. The number of aliphatic carboxylic acids is 1. The molecular formula is C24H35O7-. The molecule has 2 aliphatic rings. The number of hydrogen-bond acceptors (Lipinski definition) is 7. The summed E-state index contributed by atoms with van der Waals surface area (Å²) in [6.07, 6.45) is 5.26. The van der Waals surface area contributed by atoms with Crippen LogP contribution < -0.4 is 5.11 Å². The van der Waals surface area contributed by atoms with E-state index in [1.165, 1.54) is 6.92 Å². The third-order valence-corrected chi connectivity index (χ3v) is 6.61. The maximum atomic E-state index is 12.5. The van der Waals surface area contributed by atoms with Crippen molar-refractivity contribution in [1.82, 2.24) is 0 Å². The number of allylic oxidation sites excluding steroid dienone is 3. The largest absolute Gasteiger partial charge is 0.550 e. The molecule has 8 atom stereocenters. The minimum absolute atomic E-state index is 0.0240. The number of carbonyl (C=O) groups is 3. The quantitative estimate of drug-likeness (QED) is 0.394.